The Bertz CT molecular complexity index is 990. The van der Waals surface area contributed by atoms with Crippen LogP contribution >= 0.6 is 23.1 Å². The second-order valence-corrected chi connectivity index (χ2v) is 9.22. The molecule has 0 aliphatic carbocycles. The monoisotopic (exact) mass is 457 g/mol. The highest BCUT2D eigenvalue weighted by molar-refractivity contribution is 8.00. The SMILES string of the molecule is CCOc1ccc2nc(N(CCN3CCOCC3)C(=O)CSc3ccccc3)sc2c1. The molecule has 31 heavy (non-hydrogen) atoms. The molecule has 0 atom stereocenters. The van der Waals surface area contributed by atoms with Gasteiger partial charge in [0.05, 0.1) is 35.8 Å². The van der Waals surface area contributed by atoms with Gasteiger partial charge >= 0.3 is 0 Å². The molecule has 4 rings (SSSR count). The average molecular weight is 458 g/mol. The molecule has 2 heterocycles. The van der Waals surface area contributed by atoms with Crippen molar-refractivity contribution in [1.82, 2.24) is 9.88 Å². The minimum absolute atomic E-state index is 0.0752. The lowest BCUT2D eigenvalue weighted by Crippen LogP contribution is -2.43. The lowest BCUT2D eigenvalue weighted by atomic mass is 10.3. The molecule has 0 saturated carbocycles. The number of amides is 1. The van der Waals surface area contributed by atoms with Crippen LogP contribution in [0.3, 0.4) is 0 Å². The van der Waals surface area contributed by atoms with Crippen LogP contribution in [0.4, 0.5) is 5.13 Å². The van der Waals surface area contributed by atoms with Crippen molar-refractivity contribution < 1.29 is 14.3 Å². The fourth-order valence-electron chi connectivity index (χ4n) is 3.40. The minimum Gasteiger partial charge on any atom is -0.494 e. The molecule has 0 unspecified atom stereocenters. The molecule has 164 valence electrons. The van der Waals surface area contributed by atoms with Crippen LogP contribution in [-0.2, 0) is 9.53 Å². The van der Waals surface area contributed by atoms with Crippen molar-refractivity contribution in [2.24, 2.45) is 0 Å². The van der Waals surface area contributed by atoms with Gasteiger partial charge in [0.25, 0.3) is 0 Å². The van der Waals surface area contributed by atoms with E-state index in [1.54, 1.807) is 23.1 Å². The Labute approximate surface area is 191 Å². The molecule has 0 spiro atoms. The normalized spacial score (nSPS) is 14.6. The molecule has 6 nitrogen and oxygen atoms in total. The Morgan fingerprint density at radius 2 is 2.03 bits per heavy atom. The summed E-state index contributed by atoms with van der Waals surface area (Å²) in [5, 5.41) is 0.746. The molecule has 8 heteroatoms. The Morgan fingerprint density at radius 1 is 1.23 bits per heavy atom. The van der Waals surface area contributed by atoms with Gasteiger partial charge in [-0.15, -0.1) is 11.8 Å². The van der Waals surface area contributed by atoms with Crippen molar-refractivity contribution in [2.45, 2.75) is 11.8 Å². The first-order valence-electron chi connectivity index (χ1n) is 10.5. The standard InChI is InChI=1S/C23H27N3O3S2/c1-2-29-18-8-9-20-21(16-18)31-23(24-20)26(11-10-25-12-14-28-15-13-25)22(27)17-30-19-6-4-3-5-7-19/h3-9,16H,2,10-15,17H2,1H3. The topological polar surface area (TPSA) is 54.9 Å². The quantitative estimate of drug-likeness (QED) is 0.450. The number of carbonyl (C=O) groups excluding carboxylic acids is 1. The maximum absolute atomic E-state index is 13.2. The van der Waals surface area contributed by atoms with Gasteiger partial charge in [-0.1, -0.05) is 29.5 Å². The number of ether oxygens (including phenoxy) is 2. The predicted octanol–water partition coefficient (Wildman–Crippen LogP) is 4.15. The second-order valence-electron chi connectivity index (χ2n) is 7.16. The van der Waals surface area contributed by atoms with E-state index in [0.717, 1.165) is 58.8 Å². The smallest absolute Gasteiger partial charge is 0.239 e. The van der Waals surface area contributed by atoms with Crippen molar-refractivity contribution in [3.05, 3.63) is 48.5 Å². The van der Waals surface area contributed by atoms with Gasteiger partial charge < -0.3 is 9.47 Å². The molecule has 3 aromatic rings. The number of carbonyl (C=O) groups is 1. The Morgan fingerprint density at radius 3 is 2.81 bits per heavy atom. The molecule has 1 aromatic heterocycles. The number of thioether (sulfide) groups is 1. The second kappa shape index (κ2) is 10.9. The molecule has 1 saturated heterocycles. The Kier molecular flexibility index (Phi) is 7.80. The summed E-state index contributed by atoms with van der Waals surface area (Å²) >= 11 is 3.10. The highest BCUT2D eigenvalue weighted by Crippen LogP contribution is 2.32. The van der Waals surface area contributed by atoms with Crippen LogP contribution in [0.1, 0.15) is 6.92 Å². The summed E-state index contributed by atoms with van der Waals surface area (Å²) in [6.07, 6.45) is 0. The van der Waals surface area contributed by atoms with Gasteiger partial charge in [-0.05, 0) is 37.3 Å². The molecule has 0 radical (unpaired) electrons. The van der Waals surface area contributed by atoms with Crippen LogP contribution in [0.15, 0.2) is 53.4 Å². The molecule has 2 aromatic carbocycles. The average Bonchev–Trinajstić information content (AvgIpc) is 3.22. The van der Waals surface area contributed by atoms with Gasteiger partial charge in [0, 0.05) is 31.1 Å². The maximum Gasteiger partial charge on any atom is 0.239 e. The molecular formula is C23H27N3O3S2. The van der Waals surface area contributed by atoms with E-state index in [0.29, 0.717) is 18.9 Å². The van der Waals surface area contributed by atoms with Gasteiger partial charge in [-0.25, -0.2) is 4.98 Å². The number of hydrogen-bond donors (Lipinski definition) is 0. The molecule has 1 aliphatic heterocycles. The van der Waals surface area contributed by atoms with E-state index >= 15 is 0 Å². The third-order valence-corrected chi connectivity index (χ3v) is 7.08. The highest BCUT2D eigenvalue weighted by Gasteiger charge is 2.22. The number of rotatable bonds is 9. The zero-order chi connectivity index (χ0) is 21.5. The molecule has 0 bridgehead atoms. The van der Waals surface area contributed by atoms with E-state index in [2.05, 4.69) is 4.90 Å². The predicted molar refractivity (Wildman–Crippen MR) is 128 cm³/mol. The number of thiazole rings is 1. The first-order valence-corrected chi connectivity index (χ1v) is 12.3. The minimum atomic E-state index is 0.0752. The van der Waals surface area contributed by atoms with E-state index in [1.807, 2.05) is 60.4 Å². The molecule has 1 aliphatic rings. The molecular weight excluding hydrogens is 430 g/mol. The van der Waals surface area contributed by atoms with Crippen molar-refractivity contribution in [2.75, 3.05) is 56.7 Å². The number of benzene rings is 2. The summed E-state index contributed by atoms with van der Waals surface area (Å²) in [6.45, 7) is 7.32. The fourth-order valence-corrected chi connectivity index (χ4v) is 5.23. The van der Waals surface area contributed by atoms with E-state index in [1.165, 1.54) is 0 Å². The third kappa shape index (κ3) is 5.98. The zero-order valence-corrected chi connectivity index (χ0v) is 19.3. The number of fused-ring (bicyclic) bond motifs is 1. The number of nitrogens with zero attached hydrogens (tertiary/aromatic N) is 3. The molecule has 1 fully saturated rings. The number of morpholine rings is 1. The number of aromatic nitrogens is 1. The first kappa shape index (κ1) is 22.1. The van der Waals surface area contributed by atoms with Gasteiger partial charge in [0.15, 0.2) is 5.13 Å². The lowest BCUT2D eigenvalue weighted by molar-refractivity contribution is -0.116. The van der Waals surface area contributed by atoms with E-state index < -0.39 is 0 Å². The Balaban J connectivity index is 1.51. The van der Waals surface area contributed by atoms with E-state index in [4.69, 9.17) is 14.5 Å². The van der Waals surface area contributed by atoms with Crippen molar-refractivity contribution in [3.8, 4) is 5.75 Å². The number of hydrogen-bond acceptors (Lipinski definition) is 7. The lowest BCUT2D eigenvalue weighted by Gasteiger charge is -2.29. The first-order chi connectivity index (χ1) is 15.2. The van der Waals surface area contributed by atoms with Crippen molar-refractivity contribution in [1.29, 1.82) is 0 Å². The van der Waals surface area contributed by atoms with Gasteiger partial charge in [0.1, 0.15) is 5.75 Å². The fraction of sp³-hybridized carbons (Fsp3) is 0.391. The largest absolute Gasteiger partial charge is 0.494 e. The summed E-state index contributed by atoms with van der Waals surface area (Å²) in [4.78, 5) is 23.3. The van der Waals surface area contributed by atoms with Crippen LogP contribution in [-0.4, -0.2) is 67.5 Å². The summed E-state index contributed by atoms with van der Waals surface area (Å²) < 4.78 is 12.1. The van der Waals surface area contributed by atoms with Crippen molar-refractivity contribution >= 4 is 44.4 Å². The maximum atomic E-state index is 13.2. The van der Waals surface area contributed by atoms with Gasteiger partial charge in [0.2, 0.25) is 5.91 Å². The van der Waals surface area contributed by atoms with Crippen LogP contribution in [0, 0.1) is 0 Å². The molecule has 1 amide bonds. The highest BCUT2D eigenvalue weighted by atomic mass is 32.2. The van der Waals surface area contributed by atoms with Gasteiger partial charge in [-0.2, -0.15) is 0 Å². The number of anilines is 1. The Hall–Kier alpha value is -2.13. The summed E-state index contributed by atoms with van der Waals surface area (Å²) in [5.74, 6) is 1.29. The summed E-state index contributed by atoms with van der Waals surface area (Å²) in [5.41, 5.74) is 0.892. The zero-order valence-electron chi connectivity index (χ0n) is 17.7. The van der Waals surface area contributed by atoms with Crippen LogP contribution < -0.4 is 9.64 Å². The molecule has 0 N–H and O–H groups in total. The van der Waals surface area contributed by atoms with Crippen LogP contribution in [0.5, 0.6) is 5.75 Å². The van der Waals surface area contributed by atoms with Crippen LogP contribution in [0.2, 0.25) is 0 Å². The third-order valence-electron chi connectivity index (χ3n) is 5.04. The van der Waals surface area contributed by atoms with Gasteiger partial charge in [-0.3, -0.25) is 14.6 Å². The van der Waals surface area contributed by atoms with E-state index in [-0.39, 0.29) is 5.91 Å². The summed E-state index contributed by atoms with van der Waals surface area (Å²) in [6, 6.07) is 15.9. The van der Waals surface area contributed by atoms with Crippen LogP contribution in [0.25, 0.3) is 10.2 Å². The van der Waals surface area contributed by atoms with Crippen molar-refractivity contribution in [3.63, 3.8) is 0 Å². The summed E-state index contributed by atoms with van der Waals surface area (Å²) in [7, 11) is 0. The van der Waals surface area contributed by atoms with E-state index in [9.17, 15) is 4.79 Å².